The maximum Gasteiger partial charge on any atom is 0.230 e. The molecule has 1 saturated heterocycles. The summed E-state index contributed by atoms with van der Waals surface area (Å²) in [5.41, 5.74) is 2.01. The van der Waals surface area contributed by atoms with Gasteiger partial charge in [0.25, 0.3) is 0 Å². The first-order valence-electron chi connectivity index (χ1n) is 9.05. The number of benzene rings is 1. The van der Waals surface area contributed by atoms with Crippen LogP contribution in [0, 0.1) is 12.7 Å². The summed E-state index contributed by atoms with van der Waals surface area (Å²) in [6.07, 6.45) is 1.74. The highest BCUT2D eigenvalue weighted by Crippen LogP contribution is 2.16. The molecule has 0 saturated carbocycles. The molecule has 1 aliphatic rings. The molecule has 2 heterocycles. The van der Waals surface area contributed by atoms with Crippen LogP contribution < -0.4 is 10.2 Å². The summed E-state index contributed by atoms with van der Waals surface area (Å²) in [4.78, 5) is 24.2. The van der Waals surface area contributed by atoms with Crippen LogP contribution in [-0.2, 0) is 4.79 Å². The molecule has 0 bridgehead atoms. The van der Waals surface area contributed by atoms with Gasteiger partial charge in [0, 0.05) is 56.8 Å². The van der Waals surface area contributed by atoms with Gasteiger partial charge in [0.05, 0.1) is 5.92 Å². The van der Waals surface area contributed by atoms with Gasteiger partial charge >= 0.3 is 0 Å². The van der Waals surface area contributed by atoms with Crippen LogP contribution in [0.3, 0.4) is 0 Å². The number of hydrogen-bond donors (Lipinski definition) is 2. The molecule has 26 heavy (non-hydrogen) atoms. The van der Waals surface area contributed by atoms with Gasteiger partial charge in [0.1, 0.15) is 11.6 Å². The molecule has 0 aliphatic carbocycles. The third-order valence-corrected chi connectivity index (χ3v) is 4.82. The monoisotopic (exact) mass is 359 g/mol. The lowest BCUT2D eigenvalue weighted by Gasteiger charge is -2.36. The fraction of sp³-hybridized carbons (Fsp3) is 0.474. The zero-order valence-electron chi connectivity index (χ0n) is 15.3. The first kappa shape index (κ1) is 18.4. The van der Waals surface area contributed by atoms with Crippen LogP contribution in [0.15, 0.2) is 30.5 Å². The number of H-pyrrole nitrogens is 1. The van der Waals surface area contributed by atoms with Crippen molar-refractivity contribution in [2.24, 2.45) is 0 Å². The number of amides is 1. The maximum absolute atomic E-state index is 13.0. The number of nitrogens with one attached hydrogen (secondary N) is 2. The molecule has 1 unspecified atom stereocenters. The Morgan fingerprint density at radius 1 is 1.27 bits per heavy atom. The molecule has 1 fully saturated rings. The molecule has 1 aliphatic heterocycles. The summed E-state index contributed by atoms with van der Waals surface area (Å²) in [6, 6.07) is 6.64. The van der Waals surface area contributed by atoms with E-state index in [1.807, 2.05) is 26.0 Å². The Balaban J connectivity index is 1.38. The van der Waals surface area contributed by atoms with Crippen LogP contribution in [0.1, 0.15) is 24.4 Å². The standard InChI is InChI=1S/C19H26FN5O/c1-14-13-22-18(23-14)15(2)19(26)21-7-8-24-9-11-25(12-10-24)17-5-3-16(20)4-6-17/h3-6,13,15H,7-12H2,1-2H3,(H,21,26)(H,22,23). The Hall–Kier alpha value is -2.41. The third kappa shape index (κ3) is 4.60. The van der Waals surface area contributed by atoms with Gasteiger partial charge in [-0.15, -0.1) is 0 Å². The largest absolute Gasteiger partial charge is 0.369 e. The van der Waals surface area contributed by atoms with E-state index < -0.39 is 0 Å². The number of carbonyl (C=O) groups is 1. The number of hydrogen-bond acceptors (Lipinski definition) is 4. The van der Waals surface area contributed by atoms with Crippen molar-refractivity contribution in [2.75, 3.05) is 44.2 Å². The molecule has 7 heteroatoms. The van der Waals surface area contributed by atoms with E-state index in [1.165, 1.54) is 12.1 Å². The summed E-state index contributed by atoms with van der Waals surface area (Å²) in [6.45, 7) is 8.90. The topological polar surface area (TPSA) is 64.3 Å². The van der Waals surface area contributed by atoms with Crippen molar-refractivity contribution < 1.29 is 9.18 Å². The van der Waals surface area contributed by atoms with Gasteiger partial charge in [-0.2, -0.15) is 0 Å². The number of aryl methyl sites for hydroxylation is 1. The molecular formula is C19H26FN5O. The quantitative estimate of drug-likeness (QED) is 0.827. The summed E-state index contributed by atoms with van der Waals surface area (Å²) in [7, 11) is 0. The molecule has 0 radical (unpaired) electrons. The fourth-order valence-electron chi connectivity index (χ4n) is 3.15. The Labute approximate surface area is 153 Å². The van der Waals surface area contributed by atoms with Gasteiger partial charge in [-0.25, -0.2) is 9.37 Å². The molecule has 1 amide bonds. The molecule has 2 N–H and O–H groups in total. The lowest BCUT2D eigenvalue weighted by atomic mass is 10.1. The number of piperazine rings is 1. The van der Waals surface area contributed by atoms with Gasteiger partial charge in [0.15, 0.2) is 0 Å². The molecular weight excluding hydrogens is 333 g/mol. The van der Waals surface area contributed by atoms with Crippen molar-refractivity contribution >= 4 is 11.6 Å². The van der Waals surface area contributed by atoms with E-state index in [9.17, 15) is 9.18 Å². The predicted molar refractivity (Wildman–Crippen MR) is 99.8 cm³/mol. The van der Waals surface area contributed by atoms with E-state index in [0.717, 1.165) is 44.1 Å². The Kier molecular flexibility index (Phi) is 5.88. The number of anilines is 1. The van der Waals surface area contributed by atoms with Crippen molar-refractivity contribution in [1.29, 1.82) is 0 Å². The molecule has 1 atom stereocenters. The lowest BCUT2D eigenvalue weighted by molar-refractivity contribution is -0.122. The highest BCUT2D eigenvalue weighted by Gasteiger charge is 2.19. The van der Waals surface area contributed by atoms with Crippen LogP contribution in [0.25, 0.3) is 0 Å². The Morgan fingerprint density at radius 3 is 2.58 bits per heavy atom. The summed E-state index contributed by atoms with van der Waals surface area (Å²) >= 11 is 0. The second-order valence-corrected chi connectivity index (χ2v) is 6.77. The smallest absolute Gasteiger partial charge is 0.230 e. The second-order valence-electron chi connectivity index (χ2n) is 6.77. The highest BCUT2D eigenvalue weighted by molar-refractivity contribution is 5.82. The molecule has 1 aromatic heterocycles. The van der Waals surface area contributed by atoms with Crippen molar-refractivity contribution in [3.05, 3.63) is 47.8 Å². The van der Waals surface area contributed by atoms with E-state index in [-0.39, 0.29) is 17.6 Å². The zero-order valence-corrected chi connectivity index (χ0v) is 15.3. The normalized spacial score (nSPS) is 16.5. The van der Waals surface area contributed by atoms with Gasteiger partial charge < -0.3 is 15.2 Å². The van der Waals surface area contributed by atoms with Gasteiger partial charge in [-0.05, 0) is 38.1 Å². The number of aromatic amines is 1. The number of aromatic nitrogens is 2. The van der Waals surface area contributed by atoms with Crippen LogP contribution >= 0.6 is 0 Å². The number of nitrogens with zero attached hydrogens (tertiary/aromatic N) is 3. The minimum atomic E-state index is -0.279. The number of halogens is 1. The minimum Gasteiger partial charge on any atom is -0.369 e. The van der Waals surface area contributed by atoms with E-state index in [4.69, 9.17) is 0 Å². The SMILES string of the molecule is Cc1cnc(C(C)C(=O)NCCN2CCN(c3ccc(F)cc3)CC2)[nH]1. The van der Waals surface area contributed by atoms with Crippen LogP contribution in [-0.4, -0.2) is 60.0 Å². The van der Waals surface area contributed by atoms with E-state index in [1.54, 1.807) is 6.20 Å². The average molecular weight is 359 g/mol. The van der Waals surface area contributed by atoms with E-state index in [2.05, 4.69) is 25.1 Å². The van der Waals surface area contributed by atoms with E-state index in [0.29, 0.717) is 12.4 Å². The lowest BCUT2D eigenvalue weighted by Crippen LogP contribution is -2.48. The fourth-order valence-corrected chi connectivity index (χ4v) is 3.15. The Morgan fingerprint density at radius 2 is 1.96 bits per heavy atom. The predicted octanol–water partition coefficient (Wildman–Crippen LogP) is 1.90. The highest BCUT2D eigenvalue weighted by atomic mass is 19.1. The van der Waals surface area contributed by atoms with Crippen molar-refractivity contribution in [3.8, 4) is 0 Å². The first-order chi connectivity index (χ1) is 12.5. The zero-order chi connectivity index (χ0) is 18.5. The Bertz CT molecular complexity index is 722. The third-order valence-electron chi connectivity index (χ3n) is 4.82. The van der Waals surface area contributed by atoms with Crippen LogP contribution in [0.4, 0.5) is 10.1 Å². The van der Waals surface area contributed by atoms with E-state index >= 15 is 0 Å². The second kappa shape index (κ2) is 8.31. The molecule has 140 valence electrons. The molecule has 0 spiro atoms. The number of carbonyl (C=O) groups excluding carboxylic acids is 1. The molecule has 6 nitrogen and oxygen atoms in total. The molecule has 3 rings (SSSR count). The summed E-state index contributed by atoms with van der Waals surface area (Å²) < 4.78 is 13.0. The van der Waals surface area contributed by atoms with Crippen molar-refractivity contribution in [2.45, 2.75) is 19.8 Å². The minimum absolute atomic E-state index is 0.00991. The maximum atomic E-state index is 13.0. The van der Waals surface area contributed by atoms with Crippen LogP contribution in [0.2, 0.25) is 0 Å². The number of rotatable bonds is 6. The first-order valence-corrected chi connectivity index (χ1v) is 9.05. The number of imidazole rings is 1. The average Bonchev–Trinajstić information content (AvgIpc) is 3.08. The van der Waals surface area contributed by atoms with Crippen molar-refractivity contribution in [3.63, 3.8) is 0 Å². The molecule has 2 aromatic rings. The van der Waals surface area contributed by atoms with Gasteiger partial charge in [-0.1, -0.05) is 0 Å². The summed E-state index contributed by atoms with van der Waals surface area (Å²) in [5, 5.41) is 2.99. The molecule has 1 aromatic carbocycles. The van der Waals surface area contributed by atoms with Gasteiger partial charge in [0.2, 0.25) is 5.91 Å². The summed E-state index contributed by atoms with van der Waals surface area (Å²) in [5.74, 6) is 0.207. The van der Waals surface area contributed by atoms with Gasteiger partial charge in [-0.3, -0.25) is 9.69 Å². The van der Waals surface area contributed by atoms with Crippen LogP contribution in [0.5, 0.6) is 0 Å². The van der Waals surface area contributed by atoms with Crippen molar-refractivity contribution in [1.82, 2.24) is 20.2 Å².